The Labute approximate surface area is 134 Å². The van der Waals surface area contributed by atoms with Crippen molar-refractivity contribution in [3.8, 4) is 0 Å². The topological polar surface area (TPSA) is 37.8 Å². The number of anilines is 2. The molecule has 3 nitrogen and oxygen atoms in total. The molecule has 0 aliphatic heterocycles. The quantitative estimate of drug-likeness (QED) is 0.654. The average molecular weight is 369 g/mol. The summed E-state index contributed by atoms with van der Waals surface area (Å²) >= 11 is 15.7. The first-order valence-electron chi connectivity index (χ1n) is 5.76. The molecule has 1 N–H and O–H groups in total. The zero-order valence-corrected chi connectivity index (χ0v) is 13.2. The molecule has 0 aliphatic rings. The maximum atomic E-state index is 6.17. The van der Waals surface area contributed by atoms with Crippen molar-refractivity contribution < 1.29 is 0 Å². The first-order valence-corrected chi connectivity index (χ1v) is 7.31. The second-order valence-electron chi connectivity index (χ2n) is 4.10. The van der Waals surface area contributed by atoms with Crippen LogP contribution in [0.5, 0.6) is 0 Å². The van der Waals surface area contributed by atoms with Gasteiger partial charge in [0, 0.05) is 16.9 Å². The van der Waals surface area contributed by atoms with Gasteiger partial charge in [0.2, 0.25) is 0 Å². The van der Waals surface area contributed by atoms with Gasteiger partial charge >= 0.3 is 0 Å². The summed E-state index contributed by atoms with van der Waals surface area (Å²) < 4.78 is 0.880. The van der Waals surface area contributed by atoms with Crippen LogP contribution in [0.4, 0.5) is 11.4 Å². The number of aromatic nitrogens is 2. The van der Waals surface area contributed by atoms with Crippen molar-refractivity contribution in [2.45, 2.75) is 0 Å². The second-order valence-corrected chi connectivity index (χ2v) is 5.83. The summed E-state index contributed by atoms with van der Waals surface area (Å²) in [4.78, 5) is 8.67. The number of nitrogens with zero attached hydrogens (tertiary/aromatic N) is 2. The fourth-order valence-corrected chi connectivity index (χ4v) is 2.67. The first-order chi connectivity index (χ1) is 9.65. The smallest absolute Gasteiger partial charge is 0.112 e. The number of halogens is 3. The van der Waals surface area contributed by atoms with Gasteiger partial charge in [0.05, 0.1) is 26.9 Å². The van der Waals surface area contributed by atoms with E-state index < -0.39 is 0 Å². The molecule has 3 rings (SSSR count). The Hall–Kier alpha value is -1.36. The minimum Gasteiger partial charge on any atom is -0.351 e. The number of hydrogen-bond acceptors (Lipinski definition) is 3. The molecule has 0 unspecified atom stereocenters. The monoisotopic (exact) mass is 367 g/mol. The number of nitrogens with one attached hydrogen (secondary N) is 1. The highest BCUT2D eigenvalue weighted by Gasteiger charge is 2.09. The van der Waals surface area contributed by atoms with Crippen LogP contribution in [0.1, 0.15) is 0 Å². The minimum atomic E-state index is 0.555. The van der Waals surface area contributed by atoms with E-state index in [1.54, 1.807) is 30.6 Å². The van der Waals surface area contributed by atoms with Crippen molar-refractivity contribution in [2.75, 3.05) is 5.32 Å². The van der Waals surface area contributed by atoms with Crippen molar-refractivity contribution in [3.63, 3.8) is 0 Å². The number of fused-ring (bicyclic) bond motifs is 1. The molecule has 3 aromatic rings. The summed E-state index contributed by atoms with van der Waals surface area (Å²) in [5, 5.41) is 4.33. The molecule has 0 bridgehead atoms. The molecule has 0 saturated carbocycles. The van der Waals surface area contributed by atoms with E-state index in [1.807, 2.05) is 12.1 Å². The van der Waals surface area contributed by atoms with Gasteiger partial charge in [-0.25, -0.2) is 0 Å². The minimum absolute atomic E-state index is 0.555. The van der Waals surface area contributed by atoms with Crippen LogP contribution in [0.15, 0.2) is 47.2 Å². The zero-order chi connectivity index (χ0) is 14.1. The zero-order valence-electron chi connectivity index (χ0n) is 10.1. The summed E-state index contributed by atoms with van der Waals surface area (Å²) in [6.45, 7) is 0. The van der Waals surface area contributed by atoms with Gasteiger partial charge in [-0.2, -0.15) is 0 Å². The fraction of sp³-hybridized carbons (Fsp3) is 0. The maximum absolute atomic E-state index is 6.17. The number of rotatable bonds is 2. The summed E-state index contributed by atoms with van der Waals surface area (Å²) in [6.07, 6.45) is 3.44. The van der Waals surface area contributed by atoms with Crippen LogP contribution in [-0.4, -0.2) is 9.97 Å². The highest BCUT2D eigenvalue weighted by Crippen LogP contribution is 2.34. The van der Waals surface area contributed by atoms with Crippen LogP contribution in [0.2, 0.25) is 10.0 Å². The molecular weight excluding hydrogens is 361 g/mol. The van der Waals surface area contributed by atoms with Crippen LogP contribution >= 0.6 is 39.1 Å². The fourth-order valence-electron chi connectivity index (χ4n) is 1.86. The van der Waals surface area contributed by atoms with E-state index in [0.717, 1.165) is 21.2 Å². The normalized spacial score (nSPS) is 10.8. The average Bonchev–Trinajstić information content (AvgIpc) is 2.42. The van der Waals surface area contributed by atoms with Crippen molar-refractivity contribution in [3.05, 3.63) is 57.2 Å². The van der Waals surface area contributed by atoms with Gasteiger partial charge in [0.15, 0.2) is 0 Å². The molecule has 6 heteroatoms. The van der Waals surface area contributed by atoms with Gasteiger partial charge < -0.3 is 5.32 Å². The SMILES string of the molecule is Clc1cccc(Cl)c1Nc1ccnc2cc(Br)cnc12. The van der Waals surface area contributed by atoms with Crippen LogP contribution in [0.3, 0.4) is 0 Å². The van der Waals surface area contributed by atoms with Crippen molar-refractivity contribution >= 4 is 61.5 Å². The molecule has 0 spiro atoms. The maximum Gasteiger partial charge on any atom is 0.112 e. The highest BCUT2D eigenvalue weighted by atomic mass is 79.9. The molecule has 0 fully saturated rings. The third kappa shape index (κ3) is 2.59. The standard InChI is InChI=1S/C14H8BrCl2N3/c15-8-6-12-14(19-7-8)11(4-5-18-12)20-13-9(16)2-1-3-10(13)17/h1-7H,(H,18,20). The molecule has 20 heavy (non-hydrogen) atoms. The predicted molar refractivity (Wildman–Crippen MR) is 87.0 cm³/mol. The lowest BCUT2D eigenvalue weighted by atomic mass is 10.2. The Bertz CT molecular complexity index is 772. The predicted octanol–water partition coefficient (Wildman–Crippen LogP) is 5.44. The highest BCUT2D eigenvalue weighted by molar-refractivity contribution is 9.10. The van der Waals surface area contributed by atoms with Crippen LogP contribution in [0, 0.1) is 0 Å². The van der Waals surface area contributed by atoms with Crippen molar-refractivity contribution in [1.29, 1.82) is 0 Å². The lowest BCUT2D eigenvalue weighted by molar-refractivity contribution is 1.32. The van der Waals surface area contributed by atoms with Crippen molar-refractivity contribution in [2.24, 2.45) is 0 Å². The van der Waals surface area contributed by atoms with Crippen LogP contribution < -0.4 is 5.32 Å². The lowest BCUT2D eigenvalue weighted by Gasteiger charge is -2.11. The van der Waals surface area contributed by atoms with Gasteiger partial charge in [-0.15, -0.1) is 0 Å². The molecule has 2 heterocycles. The molecule has 0 aliphatic carbocycles. The molecule has 0 saturated heterocycles. The molecule has 0 radical (unpaired) electrons. The number of hydrogen-bond donors (Lipinski definition) is 1. The Morgan fingerprint density at radius 2 is 1.80 bits per heavy atom. The van der Waals surface area contributed by atoms with E-state index in [4.69, 9.17) is 23.2 Å². The first kappa shape index (κ1) is 13.6. The number of para-hydroxylation sites is 1. The van der Waals surface area contributed by atoms with Gasteiger partial charge in [-0.05, 0) is 40.2 Å². The molecule has 0 atom stereocenters. The van der Waals surface area contributed by atoms with E-state index in [2.05, 4.69) is 31.2 Å². The van der Waals surface area contributed by atoms with E-state index >= 15 is 0 Å². The number of benzene rings is 1. The lowest BCUT2D eigenvalue weighted by Crippen LogP contribution is -1.95. The Morgan fingerprint density at radius 1 is 1.05 bits per heavy atom. The number of pyridine rings is 2. The van der Waals surface area contributed by atoms with Gasteiger partial charge in [-0.3, -0.25) is 9.97 Å². The molecule has 2 aromatic heterocycles. The molecule has 100 valence electrons. The van der Waals surface area contributed by atoms with Gasteiger partial charge in [-0.1, -0.05) is 29.3 Å². The van der Waals surface area contributed by atoms with E-state index in [9.17, 15) is 0 Å². The Morgan fingerprint density at radius 3 is 2.55 bits per heavy atom. The summed E-state index contributed by atoms with van der Waals surface area (Å²) in [6, 6.07) is 9.10. The van der Waals surface area contributed by atoms with Crippen LogP contribution in [0.25, 0.3) is 11.0 Å². The van der Waals surface area contributed by atoms with E-state index in [-0.39, 0.29) is 0 Å². The van der Waals surface area contributed by atoms with E-state index in [1.165, 1.54) is 0 Å². The Balaban J connectivity index is 2.11. The van der Waals surface area contributed by atoms with Gasteiger partial charge in [0.25, 0.3) is 0 Å². The van der Waals surface area contributed by atoms with Gasteiger partial charge in [0.1, 0.15) is 5.52 Å². The molecular formula is C14H8BrCl2N3. The summed E-state index contributed by atoms with van der Waals surface area (Å²) in [7, 11) is 0. The van der Waals surface area contributed by atoms with E-state index in [0.29, 0.717) is 15.7 Å². The third-order valence-corrected chi connectivity index (χ3v) is 3.83. The Kier molecular flexibility index (Phi) is 3.78. The summed E-state index contributed by atoms with van der Waals surface area (Å²) in [5.41, 5.74) is 3.00. The molecule has 0 amide bonds. The third-order valence-electron chi connectivity index (χ3n) is 2.77. The largest absolute Gasteiger partial charge is 0.351 e. The molecule has 1 aromatic carbocycles. The van der Waals surface area contributed by atoms with Crippen LogP contribution in [-0.2, 0) is 0 Å². The second kappa shape index (κ2) is 5.56. The van der Waals surface area contributed by atoms with Crippen molar-refractivity contribution in [1.82, 2.24) is 9.97 Å². The summed E-state index contributed by atoms with van der Waals surface area (Å²) in [5.74, 6) is 0.